The third-order valence-corrected chi connectivity index (χ3v) is 5.16. The fraction of sp³-hybridized carbons (Fsp3) is 0.938. The summed E-state index contributed by atoms with van der Waals surface area (Å²) < 4.78 is 5.77. The summed E-state index contributed by atoms with van der Waals surface area (Å²) in [6.45, 7) is 3.71. The van der Waals surface area contributed by atoms with Gasteiger partial charge in [-0.2, -0.15) is 0 Å². The maximum atomic E-state index is 12.9. The number of halogens is 1. The van der Waals surface area contributed by atoms with Crippen LogP contribution in [0, 0.1) is 5.92 Å². The van der Waals surface area contributed by atoms with Gasteiger partial charge in [-0.15, -0.1) is 12.4 Å². The molecule has 2 heterocycles. The molecule has 1 unspecified atom stereocenters. The first-order valence-corrected chi connectivity index (χ1v) is 8.47. The number of hydrogen-bond donors (Lipinski definition) is 1. The van der Waals surface area contributed by atoms with Crippen LogP contribution in [0.25, 0.3) is 0 Å². The summed E-state index contributed by atoms with van der Waals surface area (Å²) in [7, 11) is 0. The van der Waals surface area contributed by atoms with E-state index in [0.717, 1.165) is 51.9 Å². The third-order valence-electron chi connectivity index (χ3n) is 5.16. The van der Waals surface area contributed by atoms with E-state index in [1.54, 1.807) is 0 Å². The highest BCUT2D eigenvalue weighted by Crippen LogP contribution is 2.28. The van der Waals surface area contributed by atoms with E-state index in [1.165, 1.54) is 25.7 Å². The number of carbonyl (C=O) groups excluding carboxylic acids is 1. The summed E-state index contributed by atoms with van der Waals surface area (Å²) in [5.41, 5.74) is 0. The number of rotatable bonds is 4. The summed E-state index contributed by atoms with van der Waals surface area (Å²) in [4.78, 5) is 15.1. The molecule has 1 saturated carbocycles. The predicted octanol–water partition coefficient (Wildman–Crippen LogP) is 2.36. The van der Waals surface area contributed by atoms with Crippen molar-refractivity contribution in [1.29, 1.82) is 0 Å². The summed E-state index contributed by atoms with van der Waals surface area (Å²) in [6, 6.07) is 0.488. The monoisotopic (exact) mass is 316 g/mol. The molecule has 3 fully saturated rings. The van der Waals surface area contributed by atoms with Crippen LogP contribution < -0.4 is 5.32 Å². The maximum Gasteiger partial charge on any atom is 0.226 e. The molecule has 2 saturated heterocycles. The van der Waals surface area contributed by atoms with Gasteiger partial charge in [-0.05, 0) is 51.6 Å². The van der Waals surface area contributed by atoms with Crippen molar-refractivity contribution in [1.82, 2.24) is 10.2 Å². The van der Waals surface area contributed by atoms with Gasteiger partial charge in [0.15, 0.2) is 0 Å². The molecule has 122 valence electrons. The van der Waals surface area contributed by atoms with Gasteiger partial charge in [0.25, 0.3) is 0 Å². The summed E-state index contributed by atoms with van der Waals surface area (Å²) in [6.07, 6.45) is 9.56. The summed E-state index contributed by atoms with van der Waals surface area (Å²) in [5, 5.41) is 3.36. The van der Waals surface area contributed by atoms with E-state index >= 15 is 0 Å². The molecule has 1 atom stereocenters. The highest BCUT2D eigenvalue weighted by atomic mass is 35.5. The number of amides is 1. The Balaban J connectivity index is 0.00000161. The van der Waals surface area contributed by atoms with Gasteiger partial charge in [-0.25, -0.2) is 0 Å². The third kappa shape index (κ3) is 4.33. The van der Waals surface area contributed by atoms with Gasteiger partial charge in [0.1, 0.15) is 0 Å². The smallest absolute Gasteiger partial charge is 0.226 e. The van der Waals surface area contributed by atoms with Gasteiger partial charge in [0, 0.05) is 25.1 Å². The van der Waals surface area contributed by atoms with Crippen molar-refractivity contribution in [2.45, 2.75) is 63.5 Å². The zero-order chi connectivity index (χ0) is 13.8. The van der Waals surface area contributed by atoms with Gasteiger partial charge in [0.05, 0.1) is 6.10 Å². The van der Waals surface area contributed by atoms with Crippen LogP contribution in [-0.2, 0) is 9.53 Å². The van der Waals surface area contributed by atoms with E-state index in [0.29, 0.717) is 18.1 Å². The van der Waals surface area contributed by atoms with Gasteiger partial charge in [-0.1, -0.05) is 12.8 Å². The van der Waals surface area contributed by atoms with Crippen molar-refractivity contribution in [2.75, 3.05) is 26.2 Å². The summed E-state index contributed by atoms with van der Waals surface area (Å²) >= 11 is 0. The number of nitrogens with zero attached hydrogens (tertiary/aromatic N) is 1. The normalized spacial score (nSPS) is 27.5. The first kappa shape index (κ1) is 17.0. The highest BCUT2D eigenvalue weighted by molar-refractivity contribution is 5.85. The minimum absolute atomic E-state index is 0. The second-order valence-electron chi connectivity index (χ2n) is 6.59. The van der Waals surface area contributed by atoms with Gasteiger partial charge < -0.3 is 15.0 Å². The first-order chi connectivity index (χ1) is 9.84. The fourth-order valence-electron chi connectivity index (χ4n) is 3.95. The van der Waals surface area contributed by atoms with E-state index in [-0.39, 0.29) is 18.3 Å². The molecule has 3 rings (SSSR count). The first-order valence-electron chi connectivity index (χ1n) is 8.47. The molecular weight excluding hydrogens is 288 g/mol. The van der Waals surface area contributed by atoms with Crippen LogP contribution in [0.5, 0.6) is 0 Å². The topological polar surface area (TPSA) is 41.6 Å². The van der Waals surface area contributed by atoms with Crippen molar-refractivity contribution < 1.29 is 9.53 Å². The van der Waals surface area contributed by atoms with E-state index in [4.69, 9.17) is 4.74 Å². The standard InChI is InChI=1S/C16H28N2O2.ClH/c19-16(13-7-9-17-10-8-13)18(14-4-1-2-5-14)12-15-6-3-11-20-15;/h13-15,17H,1-12H2;1H. The second kappa shape index (κ2) is 8.35. The van der Waals surface area contributed by atoms with Gasteiger partial charge in [-0.3, -0.25) is 4.79 Å². The minimum atomic E-state index is 0. The zero-order valence-corrected chi connectivity index (χ0v) is 13.7. The van der Waals surface area contributed by atoms with Crippen LogP contribution in [0.15, 0.2) is 0 Å². The Kier molecular flexibility index (Phi) is 6.77. The number of nitrogens with one attached hydrogen (secondary N) is 1. The molecule has 4 nitrogen and oxygen atoms in total. The molecule has 0 aromatic rings. The largest absolute Gasteiger partial charge is 0.376 e. The molecule has 3 aliphatic rings. The Morgan fingerprint density at radius 2 is 1.76 bits per heavy atom. The Morgan fingerprint density at radius 3 is 2.38 bits per heavy atom. The second-order valence-corrected chi connectivity index (χ2v) is 6.59. The number of carbonyl (C=O) groups is 1. The van der Waals surface area contributed by atoms with Crippen molar-refractivity contribution in [3.63, 3.8) is 0 Å². The van der Waals surface area contributed by atoms with Crippen LogP contribution in [0.4, 0.5) is 0 Å². The quantitative estimate of drug-likeness (QED) is 0.865. The molecule has 1 aliphatic carbocycles. The van der Waals surface area contributed by atoms with E-state index in [1.807, 2.05) is 0 Å². The summed E-state index contributed by atoms with van der Waals surface area (Å²) in [5.74, 6) is 0.659. The van der Waals surface area contributed by atoms with Crippen molar-refractivity contribution in [2.24, 2.45) is 5.92 Å². The Labute approximate surface area is 134 Å². The van der Waals surface area contributed by atoms with Crippen LogP contribution in [0.1, 0.15) is 51.4 Å². The average molecular weight is 317 g/mol. The van der Waals surface area contributed by atoms with Crippen molar-refractivity contribution in [3.05, 3.63) is 0 Å². The Hall–Kier alpha value is -0.320. The molecule has 0 aromatic heterocycles. The van der Waals surface area contributed by atoms with Crippen molar-refractivity contribution in [3.8, 4) is 0 Å². The highest BCUT2D eigenvalue weighted by Gasteiger charge is 2.34. The molecule has 0 aromatic carbocycles. The molecule has 1 N–H and O–H groups in total. The van der Waals surface area contributed by atoms with Gasteiger partial charge >= 0.3 is 0 Å². The maximum absolute atomic E-state index is 12.9. The molecule has 0 radical (unpaired) electrons. The average Bonchev–Trinajstić information content (AvgIpc) is 3.18. The fourth-order valence-corrected chi connectivity index (χ4v) is 3.95. The zero-order valence-electron chi connectivity index (χ0n) is 12.9. The molecule has 5 heteroatoms. The molecular formula is C16H29ClN2O2. The molecule has 1 amide bonds. The van der Waals surface area contributed by atoms with Crippen molar-refractivity contribution >= 4 is 18.3 Å². The van der Waals surface area contributed by atoms with E-state index in [9.17, 15) is 4.79 Å². The van der Waals surface area contributed by atoms with E-state index in [2.05, 4.69) is 10.2 Å². The van der Waals surface area contributed by atoms with Crippen LogP contribution in [0.2, 0.25) is 0 Å². The van der Waals surface area contributed by atoms with Crippen LogP contribution >= 0.6 is 12.4 Å². The number of piperidine rings is 1. The minimum Gasteiger partial charge on any atom is -0.376 e. The number of hydrogen-bond acceptors (Lipinski definition) is 3. The Bertz CT molecular complexity index is 322. The Morgan fingerprint density at radius 1 is 1.05 bits per heavy atom. The lowest BCUT2D eigenvalue weighted by Crippen LogP contribution is -2.48. The van der Waals surface area contributed by atoms with Crippen LogP contribution in [-0.4, -0.2) is 49.2 Å². The lowest BCUT2D eigenvalue weighted by Gasteiger charge is -2.35. The lowest BCUT2D eigenvalue weighted by molar-refractivity contribution is -0.140. The van der Waals surface area contributed by atoms with E-state index < -0.39 is 0 Å². The SMILES string of the molecule is Cl.O=C(C1CCNCC1)N(CC1CCCO1)C1CCCC1. The molecule has 21 heavy (non-hydrogen) atoms. The molecule has 0 bridgehead atoms. The predicted molar refractivity (Wildman–Crippen MR) is 85.8 cm³/mol. The molecule has 0 spiro atoms. The number of ether oxygens (including phenoxy) is 1. The van der Waals surface area contributed by atoms with Crippen LogP contribution in [0.3, 0.4) is 0 Å². The molecule has 2 aliphatic heterocycles. The lowest BCUT2D eigenvalue weighted by atomic mass is 9.95. The van der Waals surface area contributed by atoms with Gasteiger partial charge in [0.2, 0.25) is 5.91 Å².